The van der Waals surface area contributed by atoms with E-state index in [2.05, 4.69) is 23.4 Å². The average molecular weight is 263 g/mol. The van der Waals surface area contributed by atoms with Crippen LogP contribution in [0.1, 0.15) is 12.8 Å². The summed E-state index contributed by atoms with van der Waals surface area (Å²) in [4.78, 5) is 16.4. The van der Waals surface area contributed by atoms with Gasteiger partial charge in [0.25, 0.3) is 0 Å². The molecule has 2 saturated heterocycles. The standard InChI is InChI=1S/C15H25N3O/c1-3-8-18(9-4-2)14(19)11-17-10-6-15(13-17)5-7-16-12-15/h3-4,16H,1-2,5-13H2. The summed E-state index contributed by atoms with van der Waals surface area (Å²) >= 11 is 0. The molecule has 2 aliphatic rings. The first-order valence-electron chi connectivity index (χ1n) is 7.12. The van der Waals surface area contributed by atoms with E-state index < -0.39 is 0 Å². The van der Waals surface area contributed by atoms with E-state index in [1.54, 1.807) is 17.1 Å². The monoisotopic (exact) mass is 263 g/mol. The van der Waals surface area contributed by atoms with Crippen molar-refractivity contribution in [2.75, 3.05) is 45.8 Å². The molecule has 0 bridgehead atoms. The zero-order chi connectivity index (χ0) is 13.7. The van der Waals surface area contributed by atoms with Crippen LogP contribution in [0.2, 0.25) is 0 Å². The van der Waals surface area contributed by atoms with Crippen molar-refractivity contribution in [3.8, 4) is 0 Å². The first kappa shape index (κ1) is 14.3. The van der Waals surface area contributed by atoms with Crippen LogP contribution in [-0.4, -0.2) is 61.5 Å². The maximum atomic E-state index is 12.3. The molecular formula is C15H25N3O. The second kappa shape index (κ2) is 6.35. The van der Waals surface area contributed by atoms with Gasteiger partial charge in [-0.15, -0.1) is 13.2 Å². The molecule has 2 rings (SSSR count). The Labute approximate surface area is 116 Å². The summed E-state index contributed by atoms with van der Waals surface area (Å²) in [6, 6.07) is 0. The van der Waals surface area contributed by atoms with Crippen molar-refractivity contribution in [3.05, 3.63) is 25.3 Å². The zero-order valence-corrected chi connectivity index (χ0v) is 11.7. The van der Waals surface area contributed by atoms with Crippen molar-refractivity contribution < 1.29 is 4.79 Å². The summed E-state index contributed by atoms with van der Waals surface area (Å²) in [5.41, 5.74) is 0.433. The molecule has 0 aromatic heterocycles. The lowest BCUT2D eigenvalue weighted by atomic mass is 9.87. The Kier molecular flexibility index (Phi) is 4.77. The summed E-state index contributed by atoms with van der Waals surface area (Å²) < 4.78 is 0. The highest BCUT2D eigenvalue weighted by Crippen LogP contribution is 2.35. The molecule has 1 N–H and O–H groups in total. The Balaban J connectivity index is 1.85. The molecule has 2 heterocycles. The number of rotatable bonds is 6. The molecule has 2 aliphatic heterocycles. The average Bonchev–Trinajstić information content (AvgIpc) is 3.00. The van der Waals surface area contributed by atoms with Crippen LogP contribution < -0.4 is 5.32 Å². The van der Waals surface area contributed by atoms with Crippen LogP contribution in [0.3, 0.4) is 0 Å². The predicted octanol–water partition coefficient (Wildman–Crippen LogP) is 0.872. The lowest BCUT2D eigenvalue weighted by molar-refractivity contribution is -0.131. The number of likely N-dealkylation sites (tertiary alicyclic amines) is 1. The Bertz CT molecular complexity index is 337. The molecule has 0 radical (unpaired) electrons. The van der Waals surface area contributed by atoms with E-state index in [-0.39, 0.29) is 5.91 Å². The van der Waals surface area contributed by atoms with E-state index >= 15 is 0 Å². The van der Waals surface area contributed by atoms with Gasteiger partial charge in [0.15, 0.2) is 0 Å². The minimum Gasteiger partial charge on any atom is -0.334 e. The van der Waals surface area contributed by atoms with E-state index in [1.807, 2.05) is 0 Å². The second-order valence-corrected chi connectivity index (χ2v) is 5.76. The van der Waals surface area contributed by atoms with E-state index in [4.69, 9.17) is 0 Å². The molecule has 1 spiro atoms. The first-order valence-corrected chi connectivity index (χ1v) is 7.12. The number of amides is 1. The van der Waals surface area contributed by atoms with E-state index in [0.717, 1.165) is 26.2 Å². The molecule has 0 saturated carbocycles. The minimum absolute atomic E-state index is 0.183. The van der Waals surface area contributed by atoms with Gasteiger partial charge in [0.1, 0.15) is 0 Å². The van der Waals surface area contributed by atoms with Gasteiger partial charge in [0, 0.05) is 26.2 Å². The van der Waals surface area contributed by atoms with Gasteiger partial charge in [-0.2, -0.15) is 0 Å². The number of nitrogens with one attached hydrogen (secondary N) is 1. The van der Waals surface area contributed by atoms with Crippen LogP contribution in [0.15, 0.2) is 25.3 Å². The molecule has 106 valence electrons. The van der Waals surface area contributed by atoms with Gasteiger partial charge in [-0.3, -0.25) is 9.69 Å². The largest absolute Gasteiger partial charge is 0.334 e. The van der Waals surface area contributed by atoms with Crippen LogP contribution in [0.5, 0.6) is 0 Å². The van der Waals surface area contributed by atoms with Crippen LogP contribution in [0, 0.1) is 5.41 Å². The van der Waals surface area contributed by atoms with Crippen molar-refractivity contribution >= 4 is 5.91 Å². The summed E-state index contributed by atoms with van der Waals surface area (Å²) in [5.74, 6) is 0.183. The number of carbonyl (C=O) groups is 1. The van der Waals surface area contributed by atoms with Gasteiger partial charge in [-0.1, -0.05) is 12.2 Å². The molecule has 1 unspecified atom stereocenters. The zero-order valence-electron chi connectivity index (χ0n) is 11.7. The summed E-state index contributed by atoms with van der Waals surface area (Å²) in [7, 11) is 0. The summed E-state index contributed by atoms with van der Waals surface area (Å²) in [5, 5.41) is 3.44. The molecule has 1 amide bonds. The molecule has 1 atom stereocenters. The van der Waals surface area contributed by atoms with E-state index in [9.17, 15) is 4.79 Å². The van der Waals surface area contributed by atoms with Gasteiger partial charge in [-0.05, 0) is 31.3 Å². The molecule has 4 nitrogen and oxygen atoms in total. The fourth-order valence-electron chi connectivity index (χ4n) is 3.19. The third-order valence-electron chi connectivity index (χ3n) is 4.26. The Morgan fingerprint density at radius 3 is 2.63 bits per heavy atom. The van der Waals surface area contributed by atoms with Crippen LogP contribution in [0.25, 0.3) is 0 Å². The molecule has 2 fully saturated rings. The van der Waals surface area contributed by atoms with Crippen LogP contribution in [-0.2, 0) is 4.79 Å². The highest BCUT2D eigenvalue weighted by atomic mass is 16.2. The van der Waals surface area contributed by atoms with Crippen molar-refractivity contribution in [1.82, 2.24) is 15.1 Å². The van der Waals surface area contributed by atoms with E-state index in [1.165, 1.54) is 12.8 Å². The third kappa shape index (κ3) is 3.45. The van der Waals surface area contributed by atoms with E-state index in [0.29, 0.717) is 25.0 Å². The van der Waals surface area contributed by atoms with Gasteiger partial charge in [-0.25, -0.2) is 0 Å². The third-order valence-corrected chi connectivity index (χ3v) is 4.26. The molecule has 4 heteroatoms. The molecular weight excluding hydrogens is 238 g/mol. The lowest BCUT2D eigenvalue weighted by Gasteiger charge is -2.25. The fraction of sp³-hybridized carbons (Fsp3) is 0.667. The molecule has 0 aromatic carbocycles. The SMILES string of the molecule is C=CCN(CC=C)C(=O)CN1CCC2(CCNC2)C1. The van der Waals surface area contributed by atoms with Gasteiger partial charge in [0.2, 0.25) is 5.91 Å². The highest BCUT2D eigenvalue weighted by Gasteiger charge is 2.40. The van der Waals surface area contributed by atoms with Crippen molar-refractivity contribution in [1.29, 1.82) is 0 Å². The molecule has 0 aliphatic carbocycles. The fourth-order valence-corrected chi connectivity index (χ4v) is 3.19. The number of carbonyl (C=O) groups excluding carboxylic acids is 1. The van der Waals surface area contributed by atoms with Crippen LogP contribution >= 0.6 is 0 Å². The molecule has 0 aromatic rings. The van der Waals surface area contributed by atoms with Crippen molar-refractivity contribution in [3.63, 3.8) is 0 Å². The first-order chi connectivity index (χ1) is 9.19. The van der Waals surface area contributed by atoms with Crippen molar-refractivity contribution in [2.24, 2.45) is 5.41 Å². The number of hydrogen-bond acceptors (Lipinski definition) is 3. The Hall–Kier alpha value is -1.13. The highest BCUT2D eigenvalue weighted by molar-refractivity contribution is 5.78. The topological polar surface area (TPSA) is 35.6 Å². The van der Waals surface area contributed by atoms with Gasteiger partial charge >= 0.3 is 0 Å². The predicted molar refractivity (Wildman–Crippen MR) is 78.0 cm³/mol. The second-order valence-electron chi connectivity index (χ2n) is 5.76. The van der Waals surface area contributed by atoms with Gasteiger partial charge in [0.05, 0.1) is 6.54 Å². The summed E-state index contributed by atoms with van der Waals surface area (Å²) in [6.07, 6.45) is 6.01. The Morgan fingerprint density at radius 1 is 1.32 bits per heavy atom. The maximum Gasteiger partial charge on any atom is 0.237 e. The Morgan fingerprint density at radius 2 is 2.05 bits per heavy atom. The summed E-state index contributed by atoms with van der Waals surface area (Å²) in [6.45, 7) is 13.5. The van der Waals surface area contributed by atoms with Crippen LogP contribution in [0.4, 0.5) is 0 Å². The maximum absolute atomic E-state index is 12.3. The number of hydrogen-bond donors (Lipinski definition) is 1. The molecule has 19 heavy (non-hydrogen) atoms. The normalized spacial score (nSPS) is 26.7. The van der Waals surface area contributed by atoms with Gasteiger partial charge < -0.3 is 10.2 Å². The lowest BCUT2D eigenvalue weighted by Crippen LogP contribution is -2.40. The van der Waals surface area contributed by atoms with Crippen molar-refractivity contribution in [2.45, 2.75) is 12.8 Å². The number of nitrogens with zero attached hydrogens (tertiary/aromatic N) is 2. The minimum atomic E-state index is 0.183. The quantitative estimate of drug-likeness (QED) is 0.722. The smallest absolute Gasteiger partial charge is 0.237 e.